The Balaban J connectivity index is 2.03. The van der Waals surface area contributed by atoms with Gasteiger partial charge in [0.15, 0.2) is 0 Å². The van der Waals surface area contributed by atoms with Crippen molar-refractivity contribution in [2.75, 3.05) is 6.61 Å². The summed E-state index contributed by atoms with van der Waals surface area (Å²) in [5.74, 6) is -1.06. The summed E-state index contributed by atoms with van der Waals surface area (Å²) in [5, 5.41) is 0. The van der Waals surface area contributed by atoms with Crippen molar-refractivity contribution >= 4 is 11.9 Å². The van der Waals surface area contributed by atoms with Crippen LogP contribution in [0.5, 0.6) is 5.75 Å². The predicted octanol–water partition coefficient (Wildman–Crippen LogP) is 4.81. The van der Waals surface area contributed by atoms with Gasteiger partial charge in [0.1, 0.15) is 11.6 Å². The van der Waals surface area contributed by atoms with Crippen LogP contribution in [0.3, 0.4) is 0 Å². The molecule has 1 aromatic carbocycles. The Kier molecular flexibility index (Phi) is 10.5. The first kappa shape index (κ1) is 20.1. The maximum Gasteiger partial charge on any atom is 0.311 e. The summed E-state index contributed by atoms with van der Waals surface area (Å²) in [7, 11) is 0. The molecule has 0 spiro atoms. The average molecular weight is 338 g/mol. The van der Waals surface area contributed by atoms with E-state index in [2.05, 4.69) is 6.92 Å². The summed E-state index contributed by atoms with van der Waals surface area (Å²) in [4.78, 5) is 23.1. The van der Waals surface area contributed by atoms with Gasteiger partial charge in [0, 0.05) is 18.9 Å². The molecule has 0 bridgehead atoms. The Morgan fingerprint density at radius 2 is 1.67 bits per heavy atom. The number of esters is 2. The third-order valence-corrected chi connectivity index (χ3v) is 3.55. The number of ether oxygens (including phenoxy) is 2. The van der Waals surface area contributed by atoms with E-state index < -0.39 is 11.8 Å². The zero-order valence-electron chi connectivity index (χ0n) is 14.4. The Hall–Kier alpha value is -1.91. The van der Waals surface area contributed by atoms with Gasteiger partial charge >= 0.3 is 11.9 Å². The fourth-order valence-electron chi connectivity index (χ4n) is 2.23. The number of hydrogen-bond acceptors (Lipinski definition) is 4. The van der Waals surface area contributed by atoms with Crippen molar-refractivity contribution in [1.82, 2.24) is 0 Å². The van der Waals surface area contributed by atoms with Crippen molar-refractivity contribution in [2.45, 2.75) is 64.7 Å². The van der Waals surface area contributed by atoms with Crippen LogP contribution in [0.4, 0.5) is 4.39 Å². The molecule has 0 aliphatic rings. The van der Waals surface area contributed by atoms with Gasteiger partial charge in [0.25, 0.3) is 0 Å². The topological polar surface area (TPSA) is 52.6 Å². The first-order valence-corrected chi connectivity index (χ1v) is 8.73. The highest BCUT2D eigenvalue weighted by atomic mass is 19.1. The minimum Gasteiger partial charge on any atom is -0.466 e. The van der Waals surface area contributed by atoms with Crippen LogP contribution in [0.1, 0.15) is 64.7 Å². The molecule has 0 N–H and O–H groups in total. The molecule has 0 atom stereocenters. The Labute approximate surface area is 143 Å². The van der Waals surface area contributed by atoms with E-state index in [4.69, 9.17) is 9.47 Å². The van der Waals surface area contributed by atoms with Crippen LogP contribution < -0.4 is 4.74 Å². The number of unbranched alkanes of at least 4 members (excludes halogenated alkanes) is 5. The second-order valence-corrected chi connectivity index (χ2v) is 5.77. The lowest BCUT2D eigenvalue weighted by Crippen LogP contribution is -2.10. The molecule has 0 unspecified atom stereocenters. The van der Waals surface area contributed by atoms with Crippen LogP contribution in [0, 0.1) is 5.82 Å². The number of benzene rings is 1. The molecule has 0 aromatic heterocycles. The molecule has 0 fully saturated rings. The van der Waals surface area contributed by atoms with Crippen molar-refractivity contribution < 1.29 is 23.5 Å². The highest BCUT2D eigenvalue weighted by Gasteiger charge is 2.08. The Morgan fingerprint density at radius 1 is 0.958 bits per heavy atom. The highest BCUT2D eigenvalue weighted by Crippen LogP contribution is 2.13. The van der Waals surface area contributed by atoms with Gasteiger partial charge in [-0.3, -0.25) is 9.59 Å². The van der Waals surface area contributed by atoms with Crippen molar-refractivity contribution in [3.63, 3.8) is 0 Å². The van der Waals surface area contributed by atoms with E-state index >= 15 is 0 Å². The van der Waals surface area contributed by atoms with E-state index in [1.807, 2.05) is 0 Å². The van der Waals surface area contributed by atoms with Gasteiger partial charge in [0.2, 0.25) is 0 Å². The van der Waals surface area contributed by atoms with Crippen LogP contribution >= 0.6 is 0 Å². The van der Waals surface area contributed by atoms with E-state index in [0.29, 0.717) is 13.0 Å². The van der Waals surface area contributed by atoms with E-state index in [-0.39, 0.29) is 24.6 Å². The van der Waals surface area contributed by atoms with E-state index in [1.54, 1.807) is 0 Å². The molecule has 0 saturated heterocycles. The SMILES string of the molecule is CCCCCCCCOC(=O)CCCC(=O)Oc1cccc(F)c1. The monoisotopic (exact) mass is 338 g/mol. The third-order valence-electron chi connectivity index (χ3n) is 3.55. The van der Waals surface area contributed by atoms with Gasteiger partial charge in [-0.25, -0.2) is 4.39 Å². The first-order valence-electron chi connectivity index (χ1n) is 8.73. The van der Waals surface area contributed by atoms with Gasteiger partial charge < -0.3 is 9.47 Å². The van der Waals surface area contributed by atoms with Crippen LogP contribution in [-0.2, 0) is 14.3 Å². The number of carbonyl (C=O) groups is 2. The molecule has 0 saturated carbocycles. The van der Waals surface area contributed by atoms with Gasteiger partial charge in [-0.05, 0) is 25.0 Å². The molecular formula is C19H27FO4. The summed E-state index contributed by atoms with van der Waals surface area (Å²) < 4.78 is 23.1. The van der Waals surface area contributed by atoms with Crippen molar-refractivity contribution in [2.24, 2.45) is 0 Å². The molecule has 1 rings (SSSR count). The van der Waals surface area contributed by atoms with Crippen molar-refractivity contribution in [3.05, 3.63) is 30.1 Å². The largest absolute Gasteiger partial charge is 0.466 e. The quantitative estimate of drug-likeness (QED) is 0.312. The lowest BCUT2D eigenvalue weighted by atomic mass is 10.1. The molecule has 5 heteroatoms. The minimum atomic E-state index is -0.482. The predicted molar refractivity (Wildman–Crippen MR) is 90.2 cm³/mol. The second-order valence-electron chi connectivity index (χ2n) is 5.77. The summed E-state index contributed by atoms with van der Waals surface area (Å²) in [6, 6.07) is 5.40. The summed E-state index contributed by atoms with van der Waals surface area (Å²) >= 11 is 0. The van der Waals surface area contributed by atoms with Crippen LogP contribution in [0.15, 0.2) is 24.3 Å². The lowest BCUT2D eigenvalue weighted by Gasteiger charge is -2.06. The standard InChI is InChI=1S/C19H27FO4/c1-2-3-4-5-6-7-14-23-18(21)12-9-13-19(22)24-17-11-8-10-16(20)15-17/h8,10-11,15H,2-7,9,12-14H2,1H3. The average Bonchev–Trinajstić information content (AvgIpc) is 2.54. The minimum absolute atomic E-state index is 0.0998. The van der Waals surface area contributed by atoms with Crippen LogP contribution in [0.25, 0.3) is 0 Å². The normalized spacial score (nSPS) is 10.4. The van der Waals surface area contributed by atoms with Gasteiger partial charge in [-0.2, -0.15) is 0 Å². The molecule has 0 heterocycles. The fourth-order valence-corrected chi connectivity index (χ4v) is 2.23. The maximum absolute atomic E-state index is 13.0. The smallest absolute Gasteiger partial charge is 0.311 e. The number of hydrogen-bond donors (Lipinski definition) is 0. The van der Waals surface area contributed by atoms with Gasteiger partial charge in [-0.1, -0.05) is 45.1 Å². The molecule has 134 valence electrons. The number of halogens is 1. The summed E-state index contributed by atoms with van der Waals surface area (Å²) in [5.41, 5.74) is 0. The Morgan fingerprint density at radius 3 is 2.42 bits per heavy atom. The number of carbonyl (C=O) groups excluding carboxylic acids is 2. The number of rotatable bonds is 12. The van der Waals surface area contributed by atoms with Crippen molar-refractivity contribution in [1.29, 1.82) is 0 Å². The van der Waals surface area contributed by atoms with Gasteiger partial charge in [0.05, 0.1) is 6.61 Å². The van der Waals surface area contributed by atoms with E-state index in [1.165, 1.54) is 43.9 Å². The van der Waals surface area contributed by atoms with E-state index in [9.17, 15) is 14.0 Å². The Bertz CT molecular complexity index is 502. The fraction of sp³-hybridized carbons (Fsp3) is 0.579. The lowest BCUT2D eigenvalue weighted by molar-refractivity contribution is -0.144. The molecular weight excluding hydrogens is 311 g/mol. The maximum atomic E-state index is 13.0. The summed E-state index contributed by atoms with van der Waals surface area (Å²) in [6.45, 7) is 2.62. The summed E-state index contributed by atoms with van der Waals surface area (Å²) in [6.07, 6.45) is 7.50. The molecule has 0 amide bonds. The second kappa shape index (κ2) is 12.5. The molecule has 0 aliphatic carbocycles. The zero-order valence-corrected chi connectivity index (χ0v) is 14.4. The van der Waals surface area contributed by atoms with E-state index in [0.717, 1.165) is 18.9 Å². The molecule has 0 aliphatic heterocycles. The molecule has 4 nitrogen and oxygen atoms in total. The third kappa shape index (κ3) is 9.98. The molecule has 1 aromatic rings. The van der Waals surface area contributed by atoms with Gasteiger partial charge in [-0.15, -0.1) is 0 Å². The van der Waals surface area contributed by atoms with Crippen LogP contribution in [-0.4, -0.2) is 18.5 Å². The highest BCUT2D eigenvalue weighted by molar-refractivity contribution is 5.74. The van der Waals surface area contributed by atoms with Crippen molar-refractivity contribution in [3.8, 4) is 5.75 Å². The van der Waals surface area contributed by atoms with Crippen LogP contribution in [0.2, 0.25) is 0 Å². The molecule has 0 radical (unpaired) electrons. The zero-order chi connectivity index (χ0) is 17.6. The molecule has 24 heavy (non-hydrogen) atoms. The first-order chi connectivity index (χ1) is 11.6.